The van der Waals surface area contributed by atoms with Gasteiger partial charge in [-0.3, -0.25) is 10.3 Å². The molecule has 30 heavy (non-hydrogen) atoms. The number of nitrogens with one attached hydrogen (secondary N) is 1. The molecule has 0 spiro atoms. The van der Waals surface area contributed by atoms with Gasteiger partial charge in [0.1, 0.15) is 17.7 Å². The maximum absolute atomic E-state index is 10.5. The lowest BCUT2D eigenvalue weighted by Crippen LogP contribution is -2.33. The summed E-state index contributed by atoms with van der Waals surface area (Å²) in [6, 6.07) is 21.1. The summed E-state index contributed by atoms with van der Waals surface area (Å²) in [5.41, 5.74) is 3.86. The van der Waals surface area contributed by atoms with Gasteiger partial charge in [0.05, 0.1) is 6.61 Å². The van der Waals surface area contributed by atoms with Gasteiger partial charge in [-0.1, -0.05) is 39.7 Å². The molecule has 154 valence electrons. The minimum Gasteiger partial charge on any atom is -0.508 e. The van der Waals surface area contributed by atoms with Crippen LogP contribution in [0.5, 0.6) is 11.5 Å². The van der Waals surface area contributed by atoms with Crippen molar-refractivity contribution in [3.8, 4) is 11.5 Å². The van der Waals surface area contributed by atoms with E-state index in [1.54, 1.807) is 6.07 Å². The molecule has 3 aromatic carbocycles. The van der Waals surface area contributed by atoms with Crippen molar-refractivity contribution in [2.45, 2.75) is 25.6 Å². The normalized spacial score (nSPS) is 18.7. The molecule has 4 nitrogen and oxygen atoms in total. The van der Waals surface area contributed by atoms with Crippen molar-refractivity contribution < 1.29 is 9.84 Å². The second kappa shape index (κ2) is 9.21. The van der Waals surface area contributed by atoms with Gasteiger partial charge in [-0.15, -0.1) is 0 Å². The molecule has 0 radical (unpaired) electrons. The molecule has 4 rings (SSSR count). The molecule has 0 aromatic heterocycles. The fourth-order valence-electron chi connectivity index (χ4n) is 3.61. The summed E-state index contributed by atoms with van der Waals surface area (Å²) < 4.78 is 6.49. The number of benzene rings is 3. The quantitative estimate of drug-likeness (QED) is 0.438. The van der Waals surface area contributed by atoms with Crippen molar-refractivity contribution in [3.63, 3.8) is 0 Å². The first-order chi connectivity index (χ1) is 14.5. The van der Waals surface area contributed by atoms with Gasteiger partial charge in [0.15, 0.2) is 0 Å². The molecule has 1 aliphatic heterocycles. The lowest BCUT2D eigenvalue weighted by atomic mass is 9.93. The van der Waals surface area contributed by atoms with Crippen LogP contribution in [0.2, 0.25) is 5.02 Å². The van der Waals surface area contributed by atoms with Gasteiger partial charge < -0.3 is 9.84 Å². The Labute approximate surface area is 189 Å². The van der Waals surface area contributed by atoms with E-state index in [4.69, 9.17) is 21.3 Å². The minimum atomic E-state index is -0.249. The van der Waals surface area contributed by atoms with Crippen LogP contribution < -0.4 is 10.1 Å². The van der Waals surface area contributed by atoms with Gasteiger partial charge in [-0.25, -0.2) is 0 Å². The molecule has 0 bridgehead atoms. The third-order valence-electron chi connectivity index (χ3n) is 5.09. The number of ether oxygens (including phenoxy) is 1. The minimum absolute atomic E-state index is 0.0951. The number of halogens is 2. The second-order valence-corrected chi connectivity index (χ2v) is 8.47. The van der Waals surface area contributed by atoms with Crippen LogP contribution in [0.4, 0.5) is 0 Å². The van der Waals surface area contributed by atoms with Gasteiger partial charge in [-0.2, -0.15) is 0 Å². The topological polar surface area (TPSA) is 53.8 Å². The number of hydrogen-bond acceptors (Lipinski definition) is 4. The molecule has 2 atom stereocenters. The standard InChI is InChI=1S/C24H22BrClN2O2/c1-2-30-19-10-5-15(6-11-19)21-14-22(20-13-17(25)7-12-23(20)29)28-24(27-21)16-3-8-18(26)9-4-16/h3-13,22,24,28-29H,2,14H2,1H3/t22-,24-/m1/s1. The lowest BCUT2D eigenvalue weighted by molar-refractivity contribution is 0.340. The number of hydrogen-bond donors (Lipinski definition) is 2. The number of aliphatic imine (C=N–C) groups is 1. The number of aromatic hydroxyl groups is 1. The van der Waals surface area contributed by atoms with Crippen molar-refractivity contribution in [1.82, 2.24) is 5.32 Å². The Kier molecular flexibility index (Phi) is 6.42. The van der Waals surface area contributed by atoms with Crippen molar-refractivity contribution in [2.75, 3.05) is 6.61 Å². The molecule has 0 saturated carbocycles. The Hall–Kier alpha value is -2.34. The van der Waals surface area contributed by atoms with Gasteiger partial charge >= 0.3 is 0 Å². The van der Waals surface area contributed by atoms with E-state index in [9.17, 15) is 5.11 Å². The van der Waals surface area contributed by atoms with Crippen LogP contribution in [0.1, 0.15) is 42.2 Å². The Bertz CT molecular complexity index is 1050. The third-order valence-corrected chi connectivity index (χ3v) is 5.84. The molecule has 0 amide bonds. The molecule has 0 fully saturated rings. The molecule has 1 aliphatic rings. The molecule has 3 aromatic rings. The smallest absolute Gasteiger partial charge is 0.126 e. The van der Waals surface area contributed by atoms with Gasteiger partial charge in [0.2, 0.25) is 0 Å². The summed E-state index contributed by atoms with van der Waals surface area (Å²) in [4.78, 5) is 4.98. The van der Waals surface area contributed by atoms with Crippen molar-refractivity contribution in [3.05, 3.63) is 92.9 Å². The molecule has 6 heteroatoms. The van der Waals surface area contributed by atoms with E-state index in [1.807, 2.05) is 67.6 Å². The van der Waals surface area contributed by atoms with Crippen molar-refractivity contribution >= 4 is 33.2 Å². The van der Waals surface area contributed by atoms with Crippen LogP contribution in [0, 0.1) is 0 Å². The lowest BCUT2D eigenvalue weighted by Gasteiger charge is -2.31. The summed E-state index contributed by atoms with van der Waals surface area (Å²) in [5.74, 6) is 1.10. The highest BCUT2D eigenvalue weighted by atomic mass is 79.9. The molecular weight excluding hydrogens is 464 g/mol. The maximum atomic E-state index is 10.5. The molecule has 2 N–H and O–H groups in total. The van der Waals surface area contributed by atoms with Gasteiger partial charge in [-0.05, 0) is 72.6 Å². The Morgan fingerprint density at radius 1 is 1.10 bits per heavy atom. The Morgan fingerprint density at radius 3 is 2.53 bits per heavy atom. The monoisotopic (exact) mass is 484 g/mol. The van der Waals surface area contributed by atoms with Gasteiger partial charge in [0.25, 0.3) is 0 Å². The summed E-state index contributed by atoms with van der Waals surface area (Å²) in [6.07, 6.45) is 0.406. The highest BCUT2D eigenvalue weighted by molar-refractivity contribution is 9.10. The average molecular weight is 486 g/mol. The average Bonchev–Trinajstić information content (AvgIpc) is 2.76. The van der Waals surface area contributed by atoms with Crippen LogP contribution in [-0.2, 0) is 0 Å². The van der Waals surface area contributed by atoms with E-state index in [1.165, 1.54) is 0 Å². The van der Waals surface area contributed by atoms with E-state index in [2.05, 4.69) is 21.2 Å². The van der Waals surface area contributed by atoms with Crippen molar-refractivity contribution in [1.29, 1.82) is 0 Å². The molecule has 0 unspecified atom stereocenters. The number of phenolic OH excluding ortho intramolecular Hbond substituents is 1. The van der Waals surface area contributed by atoms with Crippen LogP contribution in [0.25, 0.3) is 0 Å². The first kappa shape index (κ1) is 20.9. The zero-order chi connectivity index (χ0) is 21.1. The number of nitrogens with zero attached hydrogens (tertiary/aromatic N) is 1. The van der Waals surface area contributed by atoms with Crippen LogP contribution in [0.15, 0.2) is 76.2 Å². The highest BCUT2D eigenvalue weighted by Crippen LogP contribution is 2.36. The van der Waals surface area contributed by atoms with Crippen molar-refractivity contribution in [2.24, 2.45) is 4.99 Å². The number of rotatable bonds is 5. The Morgan fingerprint density at radius 2 is 1.83 bits per heavy atom. The summed E-state index contributed by atoms with van der Waals surface area (Å²) in [6.45, 7) is 2.60. The van der Waals surface area contributed by atoms with E-state index in [-0.39, 0.29) is 18.0 Å². The predicted molar refractivity (Wildman–Crippen MR) is 125 cm³/mol. The zero-order valence-corrected chi connectivity index (χ0v) is 18.8. The highest BCUT2D eigenvalue weighted by Gasteiger charge is 2.27. The molecule has 0 saturated heterocycles. The zero-order valence-electron chi connectivity index (χ0n) is 16.5. The van der Waals surface area contributed by atoms with Crippen LogP contribution in [-0.4, -0.2) is 17.4 Å². The molecule has 0 aliphatic carbocycles. The molecule has 1 heterocycles. The summed E-state index contributed by atoms with van der Waals surface area (Å²) >= 11 is 9.59. The third kappa shape index (κ3) is 4.69. The van der Waals surface area contributed by atoms with E-state index < -0.39 is 0 Å². The van der Waals surface area contributed by atoms with Crippen LogP contribution >= 0.6 is 27.5 Å². The maximum Gasteiger partial charge on any atom is 0.126 e. The van der Waals surface area contributed by atoms with E-state index in [0.29, 0.717) is 18.1 Å². The van der Waals surface area contributed by atoms with Crippen LogP contribution in [0.3, 0.4) is 0 Å². The second-order valence-electron chi connectivity index (χ2n) is 7.11. The van der Waals surface area contributed by atoms with Gasteiger partial charge in [0, 0.05) is 33.2 Å². The predicted octanol–water partition coefficient (Wildman–Crippen LogP) is 6.43. The summed E-state index contributed by atoms with van der Waals surface area (Å²) in [5, 5.41) is 14.8. The fourth-order valence-corrected chi connectivity index (χ4v) is 4.12. The van der Waals surface area contributed by atoms with E-state index in [0.717, 1.165) is 32.6 Å². The first-order valence-corrected chi connectivity index (χ1v) is 11.0. The summed E-state index contributed by atoms with van der Waals surface area (Å²) in [7, 11) is 0. The first-order valence-electron chi connectivity index (χ1n) is 9.83. The Balaban J connectivity index is 1.72. The SMILES string of the molecule is CCOc1ccc(C2=N[C@@H](c3ccc(Cl)cc3)N[C@@H](c3cc(Br)ccc3O)C2)cc1. The van der Waals surface area contributed by atoms with E-state index >= 15 is 0 Å². The molecular formula is C24H22BrClN2O2. The number of phenols is 1. The largest absolute Gasteiger partial charge is 0.508 e. The fraction of sp³-hybridized carbons (Fsp3) is 0.208.